The second-order valence-electron chi connectivity index (χ2n) is 4.67. The van der Waals surface area contributed by atoms with Gasteiger partial charge in [-0.3, -0.25) is 4.79 Å². The number of halogens is 1. The van der Waals surface area contributed by atoms with Gasteiger partial charge < -0.3 is 9.73 Å². The van der Waals surface area contributed by atoms with Crippen molar-refractivity contribution in [2.45, 2.75) is 6.54 Å². The zero-order valence-electron chi connectivity index (χ0n) is 11.8. The predicted octanol–water partition coefficient (Wildman–Crippen LogP) is 2.33. The molecule has 118 valence electrons. The van der Waals surface area contributed by atoms with Crippen molar-refractivity contribution in [1.29, 1.82) is 0 Å². The smallest absolute Gasteiger partial charge is 0.239 e. The van der Waals surface area contributed by atoms with Crippen molar-refractivity contribution in [3.8, 4) is 0 Å². The Morgan fingerprint density at radius 2 is 1.95 bits per heavy atom. The highest BCUT2D eigenvalue weighted by molar-refractivity contribution is 7.88. The Morgan fingerprint density at radius 1 is 1.27 bits per heavy atom. The fourth-order valence-corrected chi connectivity index (χ4v) is 2.60. The van der Waals surface area contributed by atoms with Crippen LogP contribution >= 0.6 is 11.6 Å². The molecule has 1 N–H and O–H groups in total. The van der Waals surface area contributed by atoms with E-state index >= 15 is 0 Å². The number of anilines is 1. The van der Waals surface area contributed by atoms with Crippen LogP contribution in [-0.2, 0) is 21.4 Å². The molecule has 22 heavy (non-hydrogen) atoms. The van der Waals surface area contributed by atoms with Crippen LogP contribution in [0.15, 0.2) is 47.1 Å². The van der Waals surface area contributed by atoms with Gasteiger partial charge in [0.1, 0.15) is 5.76 Å². The third-order valence-electron chi connectivity index (χ3n) is 2.83. The van der Waals surface area contributed by atoms with Crippen molar-refractivity contribution in [2.24, 2.45) is 0 Å². The number of hydrogen-bond donors (Lipinski definition) is 1. The minimum absolute atomic E-state index is 0.000128. The maximum absolute atomic E-state index is 12.0. The van der Waals surface area contributed by atoms with Gasteiger partial charge in [-0.1, -0.05) is 11.6 Å². The second kappa shape index (κ2) is 6.95. The number of carbonyl (C=O) groups is 1. The molecule has 6 nitrogen and oxygen atoms in total. The number of nitrogens with one attached hydrogen (secondary N) is 1. The summed E-state index contributed by atoms with van der Waals surface area (Å²) in [4.78, 5) is 12.0. The zero-order chi connectivity index (χ0) is 16.2. The molecule has 0 saturated carbocycles. The van der Waals surface area contributed by atoms with Crippen molar-refractivity contribution in [1.82, 2.24) is 4.31 Å². The molecule has 0 atom stereocenters. The monoisotopic (exact) mass is 342 g/mol. The number of nitrogens with zero attached hydrogens (tertiary/aromatic N) is 1. The van der Waals surface area contributed by atoms with Crippen LogP contribution in [-0.4, -0.2) is 31.4 Å². The Kier molecular flexibility index (Phi) is 5.23. The van der Waals surface area contributed by atoms with Gasteiger partial charge >= 0.3 is 0 Å². The van der Waals surface area contributed by atoms with E-state index in [1.165, 1.54) is 6.26 Å². The van der Waals surface area contributed by atoms with Crippen LogP contribution in [0.5, 0.6) is 0 Å². The highest BCUT2D eigenvalue weighted by Gasteiger charge is 2.21. The van der Waals surface area contributed by atoms with Crippen molar-refractivity contribution >= 4 is 33.2 Å². The van der Waals surface area contributed by atoms with Gasteiger partial charge in [0.05, 0.1) is 25.6 Å². The van der Waals surface area contributed by atoms with Crippen LogP contribution in [0.3, 0.4) is 0 Å². The summed E-state index contributed by atoms with van der Waals surface area (Å²) in [5, 5.41) is 3.17. The van der Waals surface area contributed by atoms with E-state index in [0.29, 0.717) is 16.5 Å². The van der Waals surface area contributed by atoms with Gasteiger partial charge in [-0.25, -0.2) is 8.42 Å². The van der Waals surface area contributed by atoms with Crippen LogP contribution in [0.25, 0.3) is 0 Å². The Morgan fingerprint density at radius 3 is 2.50 bits per heavy atom. The van der Waals surface area contributed by atoms with E-state index in [0.717, 1.165) is 10.6 Å². The molecule has 1 aromatic carbocycles. The summed E-state index contributed by atoms with van der Waals surface area (Å²) in [6.45, 7) is -0.304. The first-order valence-electron chi connectivity index (χ1n) is 6.37. The van der Waals surface area contributed by atoms with E-state index in [9.17, 15) is 13.2 Å². The lowest BCUT2D eigenvalue weighted by atomic mass is 10.3. The first-order valence-corrected chi connectivity index (χ1v) is 8.60. The molecule has 1 aromatic heterocycles. The number of carbonyl (C=O) groups excluding carboxylic acids is 1. The summed E-state index contributed by atoms with van der Waals surface area (Å²) in [6.07, 6.45) is 2.50. The van der Waals surface area contributed by atoms with Crippen LogP contribution in [0, 0.1) is 0 Å². The Balaban J connectivity index is 2.03. The summed E-state index contributed by atoms with van der Waals surface area (Å²) < 4.78 is 29.7. The van der Waals surface area contributed by atoms with Crippen LogP contribution in [0.1, 0.15) is 5.76 Å². The third kappa shape index (κ3) is 4.87. The zero-order valence-corrected chi connectivity index (χ0v) is 13.4. The minimum Gasteiger partial charge on any atom is -0.468 e. The molecule has 1 amide bonds. The fraction of sp³-hybridized carbons (Fsp3) is 0.214. The van der Waals surface area contributed by atoms with Gasteiger partial charge in [-0.05, 0) is 36.4 Å². The molecule has 1 heterocycles. The molecule has 0 unspecified atom stereocenters. The Labute approximate surface area is 133 Å². The van der Waals surface area contributed by atoms with E-state index in [1.54, 1.807) is 36.4 Å². The van der Waals surface area contributed by atoms with Crippen molar-refractivity contribution < 1.29 is 17.6 Å². The fourth-order valence-electron chi connectivity index (χ4n) is 1.76. The van der Waals surface area contributed by atoms with Gasteiger partial charge in [0.2, 0.25) is 15.9 Å². The Hall–Kier alpha value is -1.83. The lowest BCUT2D eigenvalue weighted by Crippen LogP contribution is -2.36. The van der Waals surface area contributed by atoms with Crippen molar-refractivity contribution in [3.63, 3.8) is 0 Å². The highest BCUT2D eigenvalue weighted by atomic mass is 35.5. The van der Waals surface area contributed by atoms with Crippen molar-refractivity contribution in [2.75, 3.05) is 18.1 Å². The molecule has 0 saturated heterocycles. The van der Waals surface area contributed by atoms with Crippen LogP contribution in [0.4, 0.5) is 5.69 Å². The number of furan rings is 1. The second-order valence-corrected chi connectivity index (χ2v) is 7.08. The molecule has 0 aliphatic carbocycles. The molecular weight excluding hydrogens is 328 g/mol. The Bertz CT molecular complexity index is 727. The first kappa shape index (κ1) is 16.5. The van der Waals surface area contributed by atoms with E-state index in [1.807, 2.05) is 0 Å². The molecular formula is C14H15ClN2O4S. The SMILES string of the molecule is CS(=O)(=O)N(CC(=O)Nc1ccc(Cl)cc1)Cc1ccco1. The quantitative estimate of drug-likeness (QED) is 0.873. The van der Waals surface area contributed by atoms with E-state index in [-0.39, 0.29) is 13.1 Å². The third-order valence-corrected chi connectivity index (χ3v) is 4.28. The minimum atomic E-state index is -3.54. The van der Waals surface area contributed by atoms with Crippen LogP contribution < -0.4 is 5.32 Å². The maximum Gasteiger partial charge on any atom is 0.239 e. The largest absolute Gasteiger partial charge is 0.468 e. The van der Waals surface area contributed by atoms with E-state index < -0.39 is 15.9 Å². The highest BCUT2D eigenvalue weighted by Crippen LogP contribution is 2.14. The summed E-state index contributed by atoms with van der Waals surface area (Å²) >= 11 is 5.76. The molecule has 0 radical (unpaired) electrons. The van der Waals surface area contributed by atoms with Crippen molar-refractivity contribution in [3.05, 3.63) is 53.4 Å². The summed E-state index contributed by atoms with van der Waals surface area (Å²) in [5.74, 6) is 0.0176. The van der Waals surface area contributed by atoms with Gasteiger partial charge in [0, 0.05) is 10.7 Å². The molecule has 0 bridgehead atoms. The molecule has 0 spiro atoms. The topological polar surface area (TPSA) is 79.6 Å². The van der Waals surface area contributed by atoms with Gasteiger partial charge in [0.15, 0.2) is 0 Å². The number of hydrogen-bond acceptors (Lipinski definition) is 4. The number of amides is 1. The standard InChI is InChI=1S/C14H15ClN2O4S/c1-22(19,20)17(9-13-3-2-8-21-13)10-14(18)16-12-6-4-11(15)5-7-12/h2-8H,9-10H2,1H3,(H,16,18). The van der Waals surface area contributed by atoms with Gasteiger partial charge in [-0.15, -0.1) is 0 Å². The lowest BCUT2D eigenvalue weighted by Gasteiger charge is -2.18. The van der Waals surface area contributed by atoms with Crippen LogP contribution in [0.2, 0.25) is 5.02 Å². The summed E-state index contributed by atoms with van der Waals surface area (Å²) in [6, 6.07) is 9.84. The lowest BCUT2D eigenvalue weighted by molar-refractivity contribution is -0.116. The number of benzene rings is 1. The predicted molar refractivity (Wildman–Crippen MR) is 84.0 cm³/mol. The molecule has 0 aliphatic rings. The molecule has 0 aliphatic heterocycles. The van der Waals surface area contributed by atoms with E-state index in [2.05, 4.69) is 5.32 Å². The molecule has 2 aromatic rings. The van der Waals surface area contributed by atoms with Gasteiger partial charge in [-0.2, -0.15) is 4.31 Å². The van der Waals surface area contributed by atoms with Gasteiger partial charge in [0.25, 0.3) is 0 Å². The number of rotatable bonds is 6. The average molecular weight is 343 g/mol. The average Bonchev–Trinajstić information content (AvgIpc) is 2.92. The normalized spacial score (nSPS) is 11.6. The molecule has 0 fully saturated rings. The van der Waals surface area contributed by atoms with E-state index in [4.69, 9.17) is 16.0 Å². The number of sulfonamides is 1. The molecule has 8 heteroatoms. The molecule has 2 rings (SSSR count). The summed E-state index contributed by atoms with van der Waals surface area (Å²) in [5.41, 5.74) is 0.542. The first-order chi connectivity index (χ1) is 10.3. The maximum atomic E-state index is 12.0. The summed E-state index contributed by atoms with van der Waals surface area (Å²) in [7, 11) is -3.54.